The van der Waals surface area contributed by atoms with E-state index in [2.05, 4.69) is 19.9 Å². The molecule has 1 heteroatoms. The van der Waals surface area contributed by atoms with Crippen molar-refractivity contribution < 1.29 is 5.11 Å². The first kappa shape index (κ1) is 11.7. The molecule has 0 aromatic carbocycles. The molecule has 0 unspecified atom stereocenters. The van der Waals surface area contributed by atoms with E-state index in [1.165, 1.54) is 37.7 Å². The molecule has 0 aliphatic carbocycles. The Hall–Kier alpha value is -0.300. The molecule has 0 fully saturated rings. The van der Waals surface area contributed by atoms with Crippen LogP contribution in [0.3, 0.4) is 0 Å². The zero-order valence-electron chi connectivity index (χ0n) is 8.47. The van der Waals surface area contributed by atoms with Crippen LogP contribution >= 0.6 is 0 Å². The molecule has 1 N–H and O–H groups in total. The normalized spacial score (nSPS) is 12.1. The van der Waals surface area contributed by atoms with Crippen molar-refractivity contribution >= 4 is 0 Å². The van der Waals surface area contributed by atoms with Crippen LogP contribution in [0.2, 0.25) is 0 Å². The summed E-state index contributed by atoms with van der Waals surface area (Å²) in [6.45, 7) is 4.70. The van der Waals surface area contributed by atoms with Crippen LogP contribution in [-0.4, -0.2) is 11.7 Å². The molecule has 1 nitrogen and oxygen atoms in total. The predicted octanol–water partition coefficient (Wildman–Crippen LogP) is 3.29. The maximum Gasteiger partial charge on any atom is 0.0468 e. The lowest BCUT2D eigenvalue weighted by atomic mass is 10.0. The average molecular weight is 170 g/mol. The summed E-state index contributed by atoms with van der Waals surface area (Å²) in [4.78, 5) is 0. The summed E-state index contributed by atoms with van der Waals surface area (Å²) >= 11 is 0. The van der Waals surface area contributed by atoms with Crippen LogP contribution in [0.25, 0.3) is 0 Å². The Morgan fingerprint density at radius 1 is 1.17 bits per heavy atom. The van der Waals surface area contributed by atoms with Crippen LogP contribution in [-0.2, 0) is 0 Å². The van der Waals surface area contributed by atoms with Crippen molar-refractivity contribution in [3.63, 3.8) is 0 Å². The maximum atomic E-state index is 8.79. The van der Waals surface area contributed by atoms with Gasteiger partial charge >= 0.3 is 0 Å². The fraction of sp³-hybridized carbons (Fsp3) is 0.818. The van der Waals surface area contributed by atoms with Crippen LogP contribution in [0.4, 0.5) is 0 Å². The minimum atomic E-state index is 0.305. The first-order valence-electron chi connectivity index (χ1n) is 5.13. The summed E-state index contributed by atoms with van der Waals surface area (Å²) in [6, 6.07) is 0. The van der Waals surface area contributed by atoms with Gasteiger partial charge in [0.15, 0.2) is 0 Å². The monoisotopic (exact) mass is 170 g/mol. The highest BCUT2D eigenvalue weighted by Gasteiger charge is 1.95. The Morgan fingerprint density at radius 3 is 2.42 bits per heavy atom. The lowest BCUT2D eigenvalue weighted by Crippen LogP contribution is -1.89. The van der Waals surface area contributed by atoms with Gasteiger partial charge in [-0.2, -0.15) is 0 Å². The maximum absolute atomic E-state index is 8.79. The molecule has 0 saturated carbocycles. The van der Waals surface area contributed by atoms with Gasteiger partial charge in [-0.05, 0) is 25.7 Å². The van der Waals surface area contributed by atoms with Crippen molar-refractivity contribution in [2.24, 2.45) is 0 Å². The second-order valence-corrected chi connectivity index (χ2v) is 3.23. The third kappa shape index (κ3) is 6.41. The van der Waals surface area contributed by atoms with Gasteiger partial charge in [-0.1, -0.05) is 38.3 Å². The van der Waals surface area contributed by atoms with Gasteiger partial charge in [-0.3, -0.25) is 0 Å². The molecule has 0 radical (unpaired) electrons. The molecule has 0 aromatic rings. The van der Waals surface area contributed by atoms with Crippen molar-refractivity contribution in [3.8, 4) is 0 Å². The second-order valence-electron chi connectivity index (χ2n) is 3.23. The molecule has 0 saturated heterocycles. The van der Waals surface area contributed by atoms with Crippen LogP contribution in [0, 0.1) is 0 Å². The Labute approximate surface area is 76.5 Å². The van der Waals surface area contributed by atoms with Gasteiger partial charge in [-0.15, -0.1) is 0 Å². The van der Waals surface area contributed by atoms with E-state index in [1.54, 1.807) is 0 Å². The molecule has 0 amide bonds. The number of allylic oxidation sites excluding steroid dienone is 1. The Morgan fingerprint density at radius 2 is 1.92 bits per heavy atom. The summed E-state index contributed by atoms with van der Waals surface area (Å²) in [6.07, 6.45) is 9.23. The minimum absolute atomic E-state index is 0.305. The van der Waals surface area contributed by atoms with Crippen LogP contribution < -0.4 is 0 Å². The number of aliphatic hydroxyl groups is 1. The van der Waals surface area contributed by atoms with E-state index in [0.717, 1.165) is 6.42 Å². The van der Waals surface area contributed by atoms with Gasteiger partial charge in [0.2, 0.25) is 0 Å². The summed E-state index contributed by atoms with van der Waals surface area (Å²) < 4.78 is 0. The van der Waals surface area contributed by atoms with Gasteiger partial charge in [-0.25, -0.2) is 0 Å². The van der Waals surface area contributed by atoms with Crippen molar-refractivity contribution in [2.75, 3.05) is 6.61 Å². The van der Waals surface area contributed by atoms with E-state index >= 15 is 0 Å². The molecular weight excluding hydrogens is 148 g/mol. The summed E-state index contributed by atoms with van der Waals surface area (Å²) in [7, 11) is 0. The van der Waals surface area contributed by atoms with Crippen molar-refractivity contribution in [1.82, 2.24) is 0 Å². The van der Waals surface area contributed by atoms with Crippen molar-refractivity contribution in [3.05, 3.63) is 11.6 Å². The third-order valence-electron chi connectivity index (χ3n) is 2.01. The summed E-state index contributed by atoms with van der Waals surface area (Å²) in [5, 5.41) is 8.79. The van der Waals surface area contributed by atoms with E-state index < -0.39 is 0 Å². The largest absolute Gasteiger partial charge is 0.396 e. The van der Waals surface area contributed by atoms with Crippen molar-refractivity contribution in [1.29, 1.82) is 0 Å². The number of unbranched alkanes of at least 4 members (excludes halogenated alkanes) is 2. The summed E-state index contributed by atoms with van der Waals surface area (Å²) in [5.41, 5.74) is 1.45. The fourth-order valence-electron chi connectivity index (χ4n) is 1.23. The number of aliphatic hydroxyl groups excluding tert-OH is 1. The molecule has 0 bridgehead atoms. The molecule has 0 aromatic heterocycles. The quantitative estimate of drug-likeness (QED) is 0.581. The smallest absolute Gasteiger partial charge is 0.0468 e. The van der Waals surface area contributed by atoms with E-state index in [4.69, 9.17) is 5.11 Å². The third-order valence-corrected chi connectivity index (χ3v) is 2.01. The molecule has 0 atom stereocenters. The number of rotatable bonds is 7. The van der Waals surface area contributed by atoms with Crippen molar-refractivity contribution in [2.45, 2.75) is 52.4 Å². The molecule has 0 heterocycles. The number of hydrogen-bond acceptors (Lipinski definition) is 1. The zero-order chi connectivity index (χ0) is 9.23. The highest BCUT2D eigenvalue weighted by Crippen LogP contribution is 2.12. The first-order valence-corrected chi connectivity index (χ1v) is 5.13. The van der Waals surface area contributed by atoms with Gasteiger partial charge in [0.1, 0.15) is 0 Å². The molecule has 72 valence electrons. The highest BCUT2D eigenvalue weighted by atomic mass is 16.2. The van der Waals surface area contributed by atoms with E-state index in [-0.39, 0.29) is 0 Å². The number of hydrogen-bond donors (Lipinski definition) is 1. The lowest BCUT2D eigenvalue weighted by Gasteiger charge is -2.04. The fourth-order valence-corrected chi connectivity index (χ4v) is 1.23. The van der Waals surface area contributed by atoms with Crippen LogP contribution in [0.1, 0.15) is 52.4 Å². The first-order chi connectivity index (χ1) is 5.85. The molecule has 0 aliphatic rings. The highest BCUT2D eigenvalue weighted by molar-refractivity contribution is 5.01. The van der Waals surface area contributed by atoms with Gasteiger partial charge in [0.25, 0.3) is 0 Å². The molecule has 0 aliphatic heterocycles. The predicted molar refractivity (Wildman–Crippen MR) is 54.2 cm³/mol. The Balaban J connectivity index is 3.68. The molecular formula is C11H22O. The Bertz CT molecular complexity index is 116. The summed E-state index contributed by atoms with van der Waals surface area (Å²) in [5.74, 6) is 0. The van der Waals surface area contributed by atoms with Gasteiger partial charge in [0.05, 0.1) is 0 Å². The topological polar surface area (TPSA) is 20.2 Å². The Kier molecular flexibility index (Phi) is 8.57. The minimum Gasteiger partial charge on any atom is -0.396 e. The van der Waals surface area contributed by atoms with E-state index in [9.17, 15) is 0 Å². The molecule has 0 rings (SSSR count). The molecule has 12 heavy (non-hydrogen) atoms. The lowest BCUT2D eigenvalue weighted by molar-refractivity contribution is 0.297. The standard InChI is InChI=1S/C11H22O/c1-3-5-7-11(9-10-12)8-6-4-2/h7,12H,3-6,8-10H2,1-2H3. The van der Waals surface area contributed by atoms with E-state index in [1.807, 2.05) is 0 Å². The second kappa shape index (κ2) is 8.79. The van der Waals surface area contributed by atoms with Crippen LogP contribution in [0.15, 0.2) is 11.6 Å². The van der Waals surface area contributed by atoms with E-state index in [0.29, 0.717) is 6.61 Å². The SMILES string of the molecule is CCCC=C(CCO)CCCC. The zero-order valence-corrected chi connectivity index (χ0v) is 8.47. The van der Waals surface area contributed by atoms with Gasteiger partial charge in [0, 0.05) is 6.61 Å². The average Bonchev–Trinajstić information content (AvgIpc) is 2.10. The van der Waals surface area contributed by atoms with Gasteiger partial charge < -0.3 is 5.11 Å². The molecule has 0 spiro atoms. The van der Waals surface area contributed by atoms with Crippen LogP contribution in [0.5, 0.6) is 0 Å².